The van der Waals surface area contributed by atoms with E-state index in [0.717, 1.165) is 24.8 Å². The van der Waals surface area contributed by atoms with Crippen molar-refractivity contribution in [1.82, 2.24) is 19.5 Å². The standard InChI is InChI=1S/C23H28N6O6/c24-20(33)13-6-4-12(5-7-13)9-34-15-3-1-2-14(15)28-21-17-22(26-10-25-21)29(11-27-17)23-19(32)18(31)16(8-30)35-23/h4-7,10-11,14-16,18-19,23,30-32H,1-3,8-9H2,(H2,24,33)(H,25,26,28)/t14-,15-,16-,18-,19-,23-/m1/s1. The van der Waals surface area contributed by atoms with Crippen molar-refractivity contribution in [3.8, 4) is 0 Å². The Labute approximate surface area is 200 Å². The van der Waals surface area contributed by atoms with Crippen molar-refractivity contribution >= 4 is 22.9 Å². The molecule has 6 N–H and O–H groups in total. The first kappa shape index (κ1) is 23.6. The third-order valence-electron chi connectivity index (χ3n) is 6.63. The van der Waals surface area contributed by atoms with Crippen LogP contribution < -0.4 is 11.1 Å². The van der Waals surface area contributed by atoms with Gasteiger partial charge in [0.05, 0.1) is 31.7 Å². The SMILES string of the molecule is NC(=O)c1ccc(CO[C@@H]2CCC[C@H]2Nc2ncnc3c2ncn3[C@@H]2O[C@H](CO)[C@@H](O)[C@H]2O)cc1. The lowest BCUT2D eigenvalue weighted by atomic mass is 10.1. The minimum absolute atomic E-state index is 0.0112. The fourth-order valence-corrected chi connectivity index (χ4v) is 4.69. The Morgan fingerprint density at radius 2 is 1.97 bits per heavy atom. The highest BCUT2D eigenvalue weighted by Gasteiger charge is 2.44. The van der Waals surface area contributed by atoms with Gasteiger partial charge < -0.3 is 35.8 Å². The maximum atomic E-state index is 11.2. The number of aliphatic hydroxyl groups excluding tert-OH is 3. The zero-order chi connectivity index (χ0) is 24.5. The number of nitrogens with zero attached hydrogens (tertiary/aromatic N) is 4. The number of aromatic nitrogens is 4. The predicted octanol–water partition coefficient (Wildman–Crippen LogP) is 0.0865. The summed E-state index contributed by atoms with van der Waals surface area (Å²) in [4.78, 5) is 24.3. The Balaban J connectivity index is 1.29. The van der Waals surface area contributed by atoms with Crippen LogP contribution in [0, 0.1) is 0 Å². The molecule has 12 nitrogen and oxygen atoms in total. The van der Waals surface area contributed by atoms with Gasteiger partial charge >= 0.3 is 0 Å². The van der Waals surface area contributed by atoms with E-state index >= 15 is 0 Å². The molecule has 2 aliphatic rings. The van der Waals surface area contributed by atoms with Gasteiger partial charge in [-0.05, 0) is 37.0 Å². The molecule has 186 valence electrons. The molecular formula is C23H28N6O6. The third kappa shape index (κ3) is 4.58. The van der Waals surface area contributed by atoms with Crippen LogP contribution in [0.2, 0.25) is 0 Å². The Morgan fingerprint density at radius 3 is 2.69 bits per heavy atom. The van der Waals surface area contributed by atoms with Crippen LogP contribution >= 0.6 is 0 Å². The van der Waals surface area contributed by atoms with Gasteiger partial charge in [-0.25, -0.2) is 15.0 Å². The summed E-state index contributed by atoms with van der Waals surface area (Å²) >= 11 is 0. The third-order valence-corrected chi connectivity index (χ3v) is 6.63. The second-order valence-electron chi connectivity index (χ2n) is 8.87. The minimum atomic E-state index is -1.24. The zero-order valence-corrected chi connectivity index (χ0v) is 18.9. The highest BCUT2D eigenvalue weighted by atomic mass is 16.6. The lowest BCUT2D eigenvalue weighted by molar-refractivity contribution is -0.0511. The summed E-state index contributed by atoms with van der Waals surface area (Å²) in [5.74, 6) is 0.0707. The Bertz CT molecular complexity index is 1190. The minimum Gasteiger partial charge on any atom is -0.394 e. The van der Waals surface area contributed by atoms with E-state index in [-0.39, 0.29) is 12.1 Å². The molecule has 3 aromatic rings. The maximum Gasteiger partial charge on any atom is 0.248 e. The van der Waals surface area contributed by atoms with E-state index < -0.39 is 37.1 Å². The van der Waals surface area contributed by atoms with Crippen LogP contribution in [0.5, 0.6) is 0 Å². The quantitative estimate of drug-likeness (QED) is 0.294. The lowest BCUT2D eigenvalue weighted by Crippen LogP contribution is -2.33. The summed E-state index contributed by atoms with van der Waals surface area (Å²) in [5.41, 5.74) is 7.63. The lowest BCUT2D eigenvalue weighted by Gasteiger charge is -2.22. The van der Waals surface area contributed by atoms with Crippen molar-refractivity contribution < 1.29 is 29.6 Å². The van der Waals surface area contributed by atoms with Gasteiger partial charge in [-0.3, -0.25) is 9.36 Å². The summed E-state index contributed by atoms with van der Waals surface area (Å²) < 4.78 is 13.3. The fraction of sp³-hybridized carbons (Fsp3) is 0.478. The van der Waals surface area contributed by atoms with E-state index in [1.807, 2.05) is 12.1 Å². The van der Waals surface area contributed by atoms with Crippen LogP contribution in [0.4, 0.5) is 5.82 Å². The second-order valence-corrected chi connectivity index (χ2v) is 8.87. The maximum absolute atomic E-state index is 11.2. The van der Waals surface area contributed by atoms with Crippen molar-refractivity contribution in [2.75, 3.05) is 11.9 Å². The molecule has 1 aliphatic carbocycles. The molecular weight excluding hydrogens is 456 g/mol. The number of hydrogen-bond acceptors (Lipinski definition) is 10. The molecule has 0 radical (unpaired) electrons. The fourth-order valence-electron chi connectivity index (χ4n) is 4.69. The molecule has 1 amide bonds. The number of benzene rings is 1. The largest absolute Gasteiger partial charge is 0.394 e. The first-order valence-corrected chi connectivity index (χ1v) is 11.5. The molecule has 35 heavy (non-hydrogen) atoms. The number of carbonyl (C=O) groups is 1. The topological polar surface area (TPSA) is 178 Å². The number of anilines is 1. The molecule has 0 spiro atoms. The molecule has 2 fully saturated rings. The van der Waals surface area contributed by atoms with Gasteiger partial charge in [0.25, 0.3) is 0 Å². The average Bonchev–Trinajstić information content (AvgIpc) is 3.57. The molecule has 0 bridgehead atoms. The number of nitrogens with two attached hydrogens (primary N) is 1. The van der Waals surface area contributed by atoms with Crippen LogP contribution in [-0.2, 0) is 16.1 Å². The highest BCUT2D eigenvalue weighted by molar-refractivity contribution is 5.92. The van der Waals surface area contributed by atoms with Crippen LogP contribution in [0.25, 0.3) is 11.2 Å². The van der Waals surface area contributed by atoms with E-state index in [1.54, 1.807) is 12.1 Å². The molecule has 3 heterocycles. The van der Waals surface area contributed by atoms with Gasteiger partial charge in [0, 0.05) is 5.56 Å². The van der Waals surface area contributed by atoms with Crippen molar-refractivity contribution in [3.63, 3.8) is 0 Å². The summed E-state index contributed by atoms with van der Waals surface area (Å²) in [6, 6.07) is 7.04. The first-order chi connectivity index (χ1) is 17.0. The van der Waals surface area contributed by atoms with Gasteiger partial charge in [0.1, 0.15) is 24.6 Å². The van der Waals surface area contributed by atoms with Crippen molar-refractivity contribution in [2.24, 2.45) is 5.73 Å². The number of primary amides is 1. The Kier molecular flexibility index (Phi) is 6.62. The Morgan fingerprint density at radius 1 is 1.17 bits per heavy atom. The highest BCUT2D eigenvalue weighted by Crippen LogP contribution is 2.33. The van der Waals surface area contributed by atoms with E-state index in [4.69, 9.17) is 15.2 Å². The molecule has 1 aromatic carbocycles. The molecule has 1 saturated carbocycles. The van der Waals surface area contributed by atoms with E-state index in [9.17, 15) is 20.1 Å². The van der Waals surface area contributed by atoms with Gasteiger partial charge in [-0.1, -0.05) is 12.1 Å². The van der Waals surface area contributed by atoms with Crippen molar-refractivity contribution in [3.05, 3.63) is 48.0 Å². The molecule has 1 saturated heterocycles. The Hall–Kier alpha value is -3.16. The van der Waals surface area contributed by atoms with E-state index in [1.165, 1.54) is 17.2 Å². The first-order valence-electron chi connectivity index (χ1n) is 11.5. The average molecular weight is 485 g/mol. The molecule has 2 aromatic heterocycles. The molecule has 1 aliphatic heterocycles. The molecule has 12 heteroatoms. The summed E-state index contributed by atoms with van der Waals surface area (Å²) in [6.07, 6.45) is 1.33. The zero-order valence-electron chi connectivity index (χ0n) is 18.9. The summed E-state index contributed by atoms with van der Waals surface area (Å²) in [5, 5.41) is 33.3. The van der Waals surface area contributed by atoms with Gasteiger partial charge in [0.15, 0.2) is 23.2 Å². The summed E-state index contributed by atoms with van der Waals surface area (Å²) in [6.45, 7) is -0.0114. The predicted molar refractivity (Wildman–Crippen MR) is 123 cm³/mol. The number of carbonyl (C=O) groups excluding carboxylic acids is 1. The van der Waals surface area contributed by atoms with Crippen LogP contribution in [-0.4, -0.2) is 77.8 Å². The smallest absolute Gasteiger partial charge is 0.248 e. The van der Waals surface area contributed by atoms with E-state index in [2.05, 4.69) is 20.3 Å². The number of nitrogens with one attached hydrogen (secondary N) is 1. The number of ether oxygens (including phenoxy) is 2. The van der Waals surface area contributed by atoms with Crippen molar-refractivity contribution in [1.29, 1.82) is 0 Å². The number of imidazole rings is 1. The van der Waals surface area contributed by atoms with Crippen LogP contribution in [0.15, 0.2) is 36.9 Å². The van der Waals surface area contributed by atoms with Crippen molar-refractivity contribution in [2.45, 2.75) is 62.6 Å². The number of aliphatic hydroxyl groups is 3. The van der Waals surface area contributed by atoms with Gasteiger partial charge in [-0.15, -0.1) is 0 Å². The molecule has 5 rings (SSSR count). The van der Waals surface area contributed by atoms with Gasteiger partial charge in [-0.2, -0.15) is 0 Å². The number of hydrogen-bond donors (Lipinski definition) is 5. The number of rotatable bonds is 8. The number of fused-ring (bicyclic) bond motifs is 1. The number of amides is 1. The van der Waals surface area contributed by atoms with Gasteiger partial charge in [0.2, 0.25) is 5.91 Å². The second kappa shape index (κ2) is 9.84. The normalized spacial score (nSPS) is 28.5. The van der Waals surface area contributed by atoms with Crippen LogP contribution in [0.3, 0.4) is 0 Å². The van der Waals surface area contributed by atoms with Crippen LogP contribution in [0.1, 0.15) is 41.4 Å². The summed E-state index contributed by atoms with van der Waals surface area (Å²) in [7, 11) is 0. The monoisotopic (exact) mass is 484 g/mol. The molecule has 6 atom stereocenters. The molecule has 0 unspecified atom stereocenters. The van der Waals surface area contributed by atoms with E-state index in [0.29, 0.717) is 29.2 Å².